The minimum absolute atomic E-state index is 0.00898. The summed E-state index contributed by atoms with van der Waals surface area (Å²) in [6.45, 7) is 3.64. The van der Waals surface area contributed by atoms with Crippen molar-refractivity contribution >= 4 is 5.97 Å². The minimum atomic E-state index is -1.85. The number of phenols is 1. The molecule has 0 bridgehead atoms. The van der Waals surface area contributed by atoms with E-state index >= 15 is 0 Å². The number of esters is 1. The van der Waals surface area contributed by atoms with Crippen LogP contribution in [0.3, 0.4) is 0 Å². The highest BCUT2D eigenvalue weighted by atomic mass is 16.6. The van der Waals surface area contributed by atoms with Crippen molar-refractivity contribution < 1.29 is 44.9 Å². The monoisotopic (exact) mass is 414 g/mol. The number of methoxy groups -OCH3 is 1. The zero-order chi connectivity index (χ0) is 22.3. The molecular formula is C20H30O9. The number of hydrogen-bond acceptors (Lipinski definition) is 9. The van der Waals surface area contributed by atoms with Crippen molar-refractivity contribution in [3.05, 3.63) is 34.4 Å². The highest BCUT2D eigenvalue weighted by molar-refractivity contribution is 5.95. The second-order valence-electron chi connectivity index (χ2n) is 6.94. The summed E-state index contributed by atoms with van der Waals surface area (Å²) in [7, 11) is 1.33. The van der Waals surface area contributed by atoms with Crippen molar-refractivity contribution in [2.45, 2.75) is 51.6 Å². The molecule has 0 aliphatic carbocycles. The Hall–Kier alpha value is -2.17. The zero-order valence-electron chi connectivity index (χ0n) is 17.0. The largest absolute Gasteiger partial charge is 0.508 e. The molecule has 164 valence electrons. The Bertz CT molecular complexity index is 725. The third-order valence-corrected chi connectivity index (χ3v) is 4.43. The van der Waals surface area contributed by atoms with Gasteiger partial charge in [-0.3, -0.25) is 0 Å². The van der Waals surface area contributed by atoms with Crippen LogP contribution in [0.4, 0.5) is 0 Å². The number of hydrogen-bond donors (Lipinski definition) is 6. The van der Waals surface area contributed by atoms with Gasteiger partial charge in [0.05, 0.1) is 20.3 Å². The Morgan fingerprint density at radius 3 is 2.24 bits per heavy atom. The van der Waals surface area contributed by atoms with E-state index in [4.69, 9.17) is 14.6 Å². The molecule has 9 nitrogen and oxygen atoms in total. The molecule has 0 radical (unpaired) electrons. The van der Waals surface area contributed by atoms with E-state index in [1.54, 1.807) is 6.92 Å². The van der Waals surface area contributed by atoms with Gasteiger partial charge in [-0.05, 0) is 38.8 Å². The van der Waals surface area contributed by atoms with E-state index in [2.05, 4.69) is 0 Å². The predicted octanol–water partition coefficient (Wildman–Crippen LogP) is -0.189. The number of ether oxygens (including phenoxy) is 2. The number of phenolic OH excluding ortho intramolecular Hbond substituents is 1. The van der Waals surface area contributed by atoms with Crippen LogP contribution in [0, 0.1) is 6.92 Å². The molecule has 0 saturated heterocycles. The van der Waals surface area contributed by atoms with Crippen LogP contribution >= 0.6 is 0 Å². The van der Waals surface area contributed by atoms with E-state index < -0.39 is 43.6 Å². The second kappa shape index (κ2) is 11.1. The molecule has 0 heterocycles. The normalized spacial score (nSPS) is 15.2. The number of benzene rings is 1. The molecule has 1 aromatic rings. The number of allylic oxidation sites excluding steroid dienone is 2. The van der Waals surface area contributed by atoms with Gasteiger partial charge < -0.3 is 40.1 Å². The summed E-state index contributed by atoms with van der Waals surface area (Å²) in [6.07, 6.45) is -4.81. The van der Waals surface area contributed by atoms with Gasteiger partial charge in [-0.2, -0.15) is 0 Å². The lowest BCUT2D eigenvalue weighted by Crippen LogP contribution is -2.48. The van der Waals surface area contributed by atoms with Gasteiger partial charge in [-0.15, -0.1) is 0 Å². The van der Waals surface area contributed by atoms with Gasteiger partial charge in [0.15, 0.2) is 6.10 Å². The second-order valence-corrected chi connectivity index (χ2v) is 6.94. The van der Waals surface area contributed by atoms with Crippen molar-refractivity contribution in [1.82, 2.24) is 0 Å². The van der Waals surface area contributed by atoms with Gasteiger partial charge in [0.2, 0.25) is 0 Å². The first-order valence-electron chi connectivity index (χ1n) is 9.08. The molecule has 0 amide bonds. The van der Waals surface area contributed by atoms with Gasteiger partial charge >= 0.3 is 5.97 Å². The highest BCUT2D eigenvalue weighted by Gasteiger charge is 2.34. The van der Waals surface area contributed by atoms with Gasteiger partial charge in [-0.1, -0.05) is 11.6 Å². The molecule has 0 unspecified atom stereocenters. The van der Waals surface area contributed by atoms with Crippen molar-refractivity contribution in [2.75, 3.05) is 20.3 Å². The number of carbonyl (C=O) groups excluding carboxylic acids is 1. The number of carbonyl (C=O) groups is 1. The lowest BCUT2D eigenvalue weighted by molar-refractivity contribution is -0.126. The number of aliphatic hydroxyl groups excluding tert-OH is 5. The SMILES string of the molecule is COc1c(CC=C(C)C)c(O)cc(C)c1C(=O)O[C@H](CO)[C@@H](O)[C@H](O)[C@H](O)CO. The third-order valence-electron chi connectivity index (χ3n) is 4.43. The lowest BCUT2D eigenvalue weighted by Gasteiger charge is -2.28. The van der Waals surface area contributed by atoms with Crippen molar-refractivity contribution in [2.24, 2.45) is 0 Å². The number of aryl methyl sites for hydroxylation is 1. The topological polar surface area (TPSA) is 157 Å². The van der Waals surface area contributed by atoms with Crippen molar-refractivity contribution in [3.63, 3.8) is 0 Å². The van der Waals surface area contributed by atoms with Crippen LogP contribution in [0.15, 0.2) is 17.7 Å². The number of aromatic hydroxyl groups is 1. The molecule has 4 atom stereocenters. The number of rotatable bonds is 10. The highest BCUT2D eigenvalue weighted by Crippen LogP contribution is 2.36. The Kier molecular flexibility index (Phi) is 9.54. The molecule has 1 rings (SSSR count). The first-order chi connectivity index (χ1) is 13.6. The first kappa shape index (κ1) is 24.9. The maximum Gasteiger partial charge on any atom is 0.342 e. The van der Waals surface area contributed by atoms with E-state index in [0.29, 0.717) is 17.5 Å². The lowest BCUT2D eigenvalue weighted by atomic mass is 9.98. The predicted molar refractivity (Wildman–Crippen MR) is 104 cm³/mol. The Morgan fingerprint density at radius 1 is 1.14 bits per heavy atom. The van der Waals surface area contributed by atoms with Gasteiger partial charge in [0, 0.05) is 5.56 Å². The average Bonchev–Trinajstić information content (AvgIpc) is 2.68. The van der Waals surface area contributed by atoms with Crippen LogP contribution in [0.5, 0.6) is 11.5 Å². The summed E-state index contributed by atoms with van der Waals surface area (Å²) in [5.74, 6) is -0.928. The quantitative estimate of drug-likeness (QED) is 0.225. The molecule has 0 aromatic heterocycles. The molecule has 0 aliphatic rings. The van der Waals surface area contributed by atoms with Gasteiger partial charge in [-0.25, -0.2) is 4.79 Å². The van der Waals surface area contributed by atoms with E-state index in [0.717, 1.165) is 5.57 Å². The molecule has 1 aromatic carbocycles. The van der Waals surface area contributed by atoms with Crippen LogP contribution in [0.1, 0.15) is 35.3 Å². The van der Waals surface area contributed by atoms with E-state index in [1.165, 1.54) is 13.2 Å². The van der Waals surface area contributed by atoms with E-state index in [-0.39, 0.29) is 17.1 Å². The summed E-state index contributed by atoms with van der Waals surface area (Å²) in [5, 5.41) is 58.0. The van der Waals surface area contributed by atoms with Crippen LogP contribution in [-0.4, -0.2) is 81.3 Å². The minimum Gasteiger partial charge on any atom is -0.508 e. The van der Waals surface area contributed by atoms with Crippen molar-refractivity contribution in [1.29, 1.82) is 0 Å². The van der Waals surface area contributed by atoms with Crippen molar-refractivity contribution in [3.8, 4) is 11.5 Å². The summed E-state index contributed by atoms with van der Waals surface area (Å²) in [4.78, 5) is 12.8. The van der Waals surface area contributed by atoms with E-state index in [9.17, 15) is 30.3 Å². The summed E-state index contributed by atoms with van der Waals surface area (Å²) in [6, 6.07) is 1.38. The van der Waals surface area contributed by atoms with E-state index in [1.807, 2.05) is 19.9 Å². The van der Waals surface area contributed by atoms with Crippen LogP contribution in [-0.2, 0) is 11.2 Å². The van der Waals surface area contributed by atoms with Crippen LogP contribution in [0.25, 0.3) is 0 Å². The summed E-state index contributed by atoms with van der Waals surface area (Å²) < 4.78 is 10.5. The Labute approximate surface area is 169 Å². The van der Waals surface area contributed by atoms with Gasteiger partial charge in [0.25, 0.3) is 0 Å². The summed E-state index contributed by atoms with van der Waals surface area (Å²) >= 11 is 0. The summed E-state index contributed by atoms with van der Waals surface area (Å²) in [5.41, 5.74) is 1.69. The molecule has 9 heteroatoms. The Balaban J connectivity index is 3.26. The molecule has 0 fully saturated rings. The standard InChI is InChI=1S/C20H30O9/c1-10(2)5-6-12-13(23)7-11(3)16(19(12)28-4)20(27)29-15(9-22)18(26)17(25)14(24)8-21/h5,7,14-15,17-18,21-26H,6,8-9H2,1-4H3/t14-,15-,17-,18-/m1/s1. The van der Waals surface area contributed by atoms with Crippen LogP contribution in [0.2, 0.25) is 0 Å². The fourth-order valence-electron chi connectivity index (χ4n) is 2.76. The maximum atomic E-state index is 12.8. The molecule has 0 spiro atoms. The molecule has 6 N–H and O–H groups in total. The zero-order valence-corrected chi connectivity index (χ0v) is 17.0. The molecular weight excluding hydrogens is 384 g/mol. The average molecular weight is 414 g/mol. The molecule has 0 aliphatic heterocycles. The molecule has 0 saturated carbocycles. The van der Waals surface area contributed by atoms with Gasteiger partial charge in [0.1, 0.15) is 35.4 Å². The van der Waals surface area contributed by atoms with Crippen LogP contribution < -0.4 is 4.74 Å². The molecule has 29 heavy (non-hydrogen) atoms. The fraction of sp³-hybridized carbons (Fsp3) is 0.550. The Morgan fingerprint density at radius 2 is 1.76 bits per heavy atom. The third kappa shape index (κ3) is 6.15. The maximum absolute atomic E-state index is 12.8. The first-order valence-corrected chi connectivity index (χ1v) is 9.08. The number of aliphatic hydroxyl groups is 5. The fourth-order valence-corrected chi connectivity index (χ4v) is 2.76. The smallest absolute Gasteiger partial charge is 0.342 e.